The van der Waals surface area contributed by atoms with Crippen molar-refractivity contribution >= 4 is 33.4 Å². The number of hydrogen-bond acceptors (Lipinski definition) is 3. The molecule has 3 N–H and O–H groups in total. The molecule has 2 nitrogen and oxygen atoms in total. The molecule has 1 atom stereocenters. The molecule has 18 heavy (non-hydrogen) atoms. The molecular formula is C14H14BrNOS. The Balaban J connectivity index is 1.96. The van der Waals surface area contributed by atoms with Crippen molar-refractivity contribution in [2.45, 2.75) is 11.0 Å². The van der Waals surface area contributed by atoms with E-state index < -0.39 is 6.10 Å². The maximum absolute atomic E-state index is 10.1. The molecule has 2 aromatic rings. The molecule has 0 saturated heterocycles. The third-order valence-electron chi connectivity index (χ3n) is 2.52. The van der Waals surface area contributed by atoms with Gasteiger partial charge < -0.3 is 10.8 Å². The van der Waals surface area contributed by atoms with E-state index in [4.69, 9.17) is 5.73 Å². The van der Waals surface area contributed by atoms with Gasteiger partial charge in [0.05, 0.1) is 6.10 Å². The SMILES string of the molecule is Nc1cccc(C(O)CSc2ccc(Br)cc2)c1. The maximum atomic E-state index is 10.1. The fourth-order valence-electron chi connectivity index (χ4n) is 1.57. The van der Waals surface area contributed by atoms with Crippen LogP contribution in [0.2, 0.25) is 0 Å². The number of nitrogens with two attached hydrogens (primary N) is 1. The largest absolute Gasteiger partial charge is 0.399 e. The Hall–Kier alpha value is -0.970. The highest BCUT2D eigenvalue weighted by molar-refractivity contribution is 9.10. The fraction of sp³-hybridized carbons (Fsp3) is 0.143. The van der Waals surface area contributed by atoms with Crippen molar-refractivity contribution in [2.24, 2.45) is 0 Å². The van der Waals surface area contributed by atoms with Crippen molar-refractivity contribution in [3.05, 3.63) is 58.6 Å². The molecule has 0 aliphatic heterocycles. The molecule has 0 aliphatic rings. The lowest BCUT2D eigenvalue weighted by Gasteiger charge is -2.11. The van der Waals surface area contributed by atoms with E-state index in [9.17, 15) is 5.11 Å². The first-order valence-electron chi connectivity index (χ1n) is 5.57. The van der Waals surface area contributed by atoms with Crippen LogP contribution in [0.15, 0.2) is 57.9 Å². The highest BCUT2D eigenvalue weighted by Crippen LogP contribution is 2.26. The van der Waals surface area contributed by atoms with Crippen LogP contribution in [-0.4, -0.2) is 10.9 Å². The molecule has 4 heteroatoms. The first kappa shape index (κ1) is 13.5. The summed E-state index contributed by atoms with van der Waals surface area (Å²) in [5.41, 5.74) is 7.24. The molecule has 0 radical (unpaired) electrons. The highest BCUT2D eigenvalue weighted by atomic mass is 79.9. The van der Waals surface area contributed by atoms with Gasteiger partial charge in [-0.15, -0.1) is 11.8 Å². The Morgan fingerprint density at radius 2 is 1.89 bits per heavy atom. The van der Waals surface area contributed by atoms with Crippen LogP contribution >= 0.6 is 27.7 Å². The first-order valence-corrected chi connectivity index (χ1v) is 7.35. The third kappa shape index (κ3) is 3.77. The van der Waals surface area contributed by atoms with Crippen molar-refractivity contribution < 1.29 is 5.11 Å². The second-order valence-corrected chi connectivity index (χ2v) is 5.96. The number of aliphatic hydroxyl groups excluding tert-OH is 1. The second kappa shape index (κ2) is 6.27. The number of anilines is 1. The number of nitrogen functional groups attached to an aromatic ring is 1. The molecule has 0 bridgehead atoms. The van der Waals surface area contributed by atoms with E-state index in [2.05, 4.69) is 15.9 Å². The zero-order chi connectivity index (χ0) is 13.0. The van der Waals surface area contributed by atoms with Crippen LogP contribution in [0.1, 0.15) is 11.7 Å². The summed E-state index contributed by atoms with van der Waals surface area (Å²) >= 11 is 5.02. The molecule has 0 aromatic heterocycles. The van der Waals surface area contributed by atoms with E-state index in [-0.39, 0.29) is 0 Å². The number of aliphatic hydroxyl groups is 1. The van der Waals surface area contributed by atoms with Crippen LogP contribution in [0, 0.1) is 0 Å². The van der Waals surface area contributed by atoms with Gasteiger partial charge in [0.2, 0.25) is 0 Å². The van der Waals surface area contributed by atoms with Gasteiger partial charge in [0.1, 0.15) is 0 Å². The van der Waals surface area contributed by atoms with Crippen molar-refractivity contribution in [3.8, 4) is 0 Å². The van der Waals surface area contributed by atoms with E-state index >= 15 is 0 Å². The monoisotopic (exact) mass is 323 g/mol. The van der Waals surface area contributed by atoms with Gasteiger partial charge in [0, 0.05) is 20.8 Å². The zero-order valence-corrected chi connectivity index (χ0v) is 12.1. The van der Waals surface area contributed by atoms with Gasteiger partial charge in [-0.25, -0.2) is 0 Å². The Bertz CT molecular complexity index is 515. The van der Waals surface area contributed by atoms with E-state index in [1.165, 1.54) is 0 Å². The topological polar surface area (TPSA) is 46.2 Å². The molecule has 0 heterocycles. The summed E-state index contributed by atoms with van der Waals surface area (Å²) < 4.78 is 1.06. The predicted molar refractivity (Wildman–Crippen MR) is 80.7 cm³/mol. The Kier molecular flexibility index (Phi) is 4.69. The minimum absolute atomic E-state index is 0.498. The summed E-state index contributed by atoms with van der Waals surface area (Å²) in [6, 6.07) is 15.4. The highest BCUT2D eigenvalue weighted by Gasteiger charge is 2.08. The average molecular weight is 324 g/mol. The van der Waals surface area contributed by atoms with Gasteiger partial charge in [0.15, 0.2) is 0 Å². The summed E-state index contributed by atoms with van der Waals surface area (Å²) in [5.74, 6) is 0.616. The molecule has 0 saturated carbocycles. The second-order valence-electron chi connectivity index (χ2n) is 3.95. The summed E-state index contributed by atoms with van der Waals surface area (Å²) in [5, 5.41) is 10.1. The third-order valence-corrected chi connectivity index (χ3v) is 4.13. The lowest BCUT2D eigenvalue weighted by atomic mass is 10.1. The summed E-state index contributed by atoms with van der Waals surface area (Å²) in [6.07, 6.45) is -0.498. The van der Waals surface area contributed by atoms with Crippen LogP contribution in [0.3, 0.4) is 0 Å². The van der Waals surface area contributed by atoms with Crippen molar-refractivity contribution in [1.82, 2.24) is 0 Å². The zero-order valence-electron chi connectivity index (χ0n) is 9.71. The molecule has 1 unspecified atom stereocenters. The minimum Gasteiger partial charge on any atom is -0.399 e. The molecular weight excluding hydrogens is 310 g/mol. The Morgan fingerprint density at radius 3 is 2.56 bits per heavy atom. The maximum Gasteiger partial charge on any atom is 0.0884 e. The molecule has 94 valence electrons. The Morgan fingerprint density at radius 1 is 1.17 bits per heavy atom. The van der Waals surface area contributed by atoms with Crippen molar-refractivity contribution in [3.63, 3.8) is 0 Å². The molecule has 2 rings (SSSR count). The number of thioether (sulfide) groups is 1. The van der Waals surface area contributed by atoms with E-state index in [1.807, 2.05) is 48.5 Å². The van der Waals surface area contributed by atoms with Crippen LogP contribution in [-0.2, 0) is 0 Å². The quantitative estimate of drug-likeness (QED) is 0.663. The lowest BCUT2D eigenvalue weighted by Crippen LogP contribution is -2.01. The summed E-state index contributed by atoms with van der Waals surface area (Å²) in [7, 11) is 0. The smallest absolute Gasteiger partial charge is 0.0884 e. The number of hydrogen-bond donors (Lipinski definition) is 2. The number of benzene rings is 2. The van der Waals surface area contributed by atoms with Crippen molar-refractivity contribution in [1.29, 1.82) is 0 Å². The fourth-order valence-corrected chi connectivity index (χ4v) is 2.70. The predicted octanol–water partition coefficient (Wildman–Crippen LogP) is 3.86. The van der Waals surface area contributed by atoms with Gasteiger partial charge in [-0.2, -0.15) is 0 Å². The minimum atomic E-state index is -0.498. The molecule has 0 spiro atoms. The average Bonchev–Trinajstić information content (AvgIpc) is 2.38. The van der Waals surface area contributed by atoms with Crippen LogP contribution in [0.25, 0.3) is 0 Å². The van der Waals surface area contributed by atoms with Gasteiger partial charge >= 0.3 is 0 Å². The molecule has 0 amide bonds. The summed E-state index contributed by atoms with van der Waals surface area (Å²) in [4.78, 5) is 1.14. The first-order chi connectivity index (χ1) is 8.65. The number of rotatable bonds is 4. The van der Waals surface area contributed by atoms with Crippen molar-refractivity contribution in [2.75, 3.05) is 11.5 Å². The normalized spacial score (nSPS) is 12.3. The molecule has 2 aromatic carbocycles. The van der Waals surface area contributed by atoms with Gasteiger partial charge in [-0.1, -0.05) is 28.1 Å². The van der Waals surface area contributed by atoms with Crippen LogP contribution < -0.4 is 5.73 Å². The van der Waals surface area contributed by atoms with Gasteiger partial charge in [-0.3, -0.25) is 0 Å². The van der Waals surface area contributed by atoms with E-state index in [0.717, 1.165) is 14.9 Å². The van der Waals surface area contributed by atoms with E-state index in [1.54, 1.807) is 11.8 Å². The van der Waals surface area contributed by atoms with Gasteiger partial charge in [0.25, 0.3) is 0 Å². The summed E-state index contributed by atoms with van der Waals surface area (Å²) in [6.45, 7) is 0. The molecule has 0 fully saturated rings. The van der Waals surface area contributed by atoms with Crippen LogP contribution in [0.4, 0.5) is 5.69 Å². The Labute approximate surface area is 119 Å². The van der Waals surface area contributed by atoms with Crippen LogP contribution in [0.5, 0.6) is 0 Å². The standard InChI is InChI=1S/C14H14BrNOS/c15-11-4-6-13(7-5-11)18-9-14(17)10-2-1-3-12(16)8-10/h1-8,14,17H,9,16H2. The number of halogens is 1. The lowest BCUT2D eigenvalue weighted by molar-refractivity contribution is 0.204. The van der Waals surface area contributed by atoms with E-state index in [0.29, 0.717) is 11.4 Å². The van der Waals surface area contributed by atoms with Gasteiger partial charge in [-0.05, 0) is 42.0 Å². The molecule has 0 aliphatic carbocycles.